The van der Waals surface area contributed by atoms with Gasteiger partial charge in [0.2, 0.25) is 0 Å². The fourth-order valence-electron chi connectivity index (χ4n) is 2.01. The predicted molar refractivity (Wildman–Crippen MR) is 62.9 cm³/mol. The number of fused-ring (bicyclic) bond motifs is 1. The van der Waals surface area contributed by atoms with Crippen molar-refractivity contribution in [3.05, 3.63) is 29.3 Å². The molecule has 0 bridgehead atoms. The molecule has 0 saturated carbocycles. The highest BCUT2D eigenvalue weighted by Crippen LogP contribution is 2.29. The average molecular weight is 219 g/mol. The number of nitrogens with two attached hydrogens (primary N) is 1. The second-order valence-corrected chi connectivity index (χ2v) is 4.35. The van der Waals surface area contributed by atoms with Crippen LogP contribution in [0, 0.1) is 0 Å². The summed E-state index contributed by atoms with van der Waals surface area (Å²) in [6.07, 6.45) is 2.40. The van der Waals surface area contributed by atoms with Crippen LogP contribution in [0.4, 0.5) is 0 Å². The van der Waals surface area contributed by atoms with Gasteiger partial charge in [0.05, 0.1) is 12.2 Å². The number of aryl methyl sites for hydroxylation is 1. The van der Waals surface area contributed by atoms with Gasteiger partial charge in [-0.3, -0.25) is 4.79 Å². The van der Waals surface area contributed by atoms with Crippen LogP contribution >= 0.6 is 0 Å². The number of hydrogen-bond acceptors (Lipinski definition) is 3. The van der Waals surface area contributed by atoms with Gasteiger partial charge in [-0.1, -0.05) is 12.1 Å². The zero-order valence-corrected chi connectivity index (χ0v) is 9.53. The highest BCUT2D eigenvalue weighted by atomic mass is 16.5. The number of benzene rings is 1. The van der Waals surface area contributed by atoms with E-state index in [0.717, 1.165) is 24.2 Å². The van der Waals surface area contributed by atoms with Gasteiger partial charge in [-0.25, -0.2) is 0 Å². The molecule has 0 fully saturated rings. The van der Waals surface area contributed by atoms with Crippen molar-refractivity contribution in [2.24, 2.45) is 5.73 Å². The van der Waals surface area contributed by atoms with Crippen molar-refractivity contribution in [1.82, 2.24) is 0 Å². The van der Waals surface area contributed by atoms with Gasteiger partial charge in [0, 0.05) is 12.5 Å². The van der Waals surface area contributed by atoms with E-state index < -0.39 is 0 Å². The van der Waals surface area contributed by atoms with Gasteiger partial charge in [0.1, 0.15) is 5.75 Å². The van der Waals surface area contributed by atoms with Crippen molar-refractivity contribution in [2.45, 2.75) is 32.2 Å². The molecule has 1 heterocycles. The van der Waals surface area contributed by atoms with E-state index in [1.165, 1.54) is 0 Å². The molecule has 1 unspecified atom stereocenters. The molecule has 0 amide bonds. The van der Waals surface area contributed by atoms with Crippen LogP contribution in [0.1, 0.15) is 35.7 Å². The summed E-state index contributed by atoms with van der Waals surface area (Å²) in [6.45, 7) is 2.55. The Morgan fingerprint density at radius 2 is 2.38 bits per heavy atom. The van der Waals surface area contributed by atoms with E-state index in [1.54, 1.807) is 0 Å². The minimum absolute atomic E-state index is 0.0775. The smallest absolute Gasteiger partial charge is 0.168 e. The minimum atomic E-state index is -0.105. The summed E-state index contributed by atoms with van der Waals surface area (Å²) in [6, 6.07) is 5.67. The Morgan fingerprint density at radius 1 is 1.56 bits per heavy atom. The standard InChI is InChI=1S/C13H17NO2/c1-9(14)8-12(15)11-6-2-4-10-5-3-7-16-13(10)11/h2,4,6,9H,3,5,7-8,14H2,1H3. The molecule has 3 heteroatoms. The van der Waals surface area contributed by atoms with Crippen LogP contribution in [0.25, 0.3) is 0 Å². The summed E-state index contributed by atoms with van der Waals surface area (Å²) in [5, 5.41) is 0. The van der Waals surface area contributed by atoms with Crippen LogP contribution in [0.3, 0.4) is 0 Å². The lowest BCUT2D eigenvalue weighted by atomic mass is 9.97. The zero-order chi connectivity index (χ0) is 11.5. The maximum Gasteiger partial charge on any atom is 0.168 e. The molecule has 86 valence electrons. The first-order chi connectivity index (χ1) is 7.68. The first kappa shape index (κ1) is 11.1. The molecule has 1 atom stereocenters. The molecule has 1 aromatic carbocycles. The maximum atomic E-state index is 12.0. The normalized spacial score (nSPS) is 16.1. The van der Waals surface area contributed by atoms with Crippen molar-refractivity contribution in [1.29, 1.82) is 0 Å². The molecular formula is C13H17NO2. The Kier molecular flexibility index (Phi) is 3.25. The fourth-order valence-corrected chi connectivity index (χ4v) is 2.01. The fraction of sp³-hybridized carbons (Fsp3) is 0.462. The molecule has 1 aliphatic rings. The quantitative estimate of drug-likeness (QED) is 0.790. The van der Waals surface area contributed by atoms with Crippen LogP contribution < -0.4 is 10.5 Å². The van der Waals surface area contributed by atoms with Gasteiger partial charge in [-0.05, 0) is 31.4 Å². The molecule has 1 aromatic rings. The third-order valence-electron chi connectivity index (χ3n) is 2.74. The first-order valence-electron chi connectivity index (χ1n) is 5.72. The summed E-state index contributed by atoms with van der Waals surface area (Å²) >= 11 is 0. The van der Waals surface area contributed by atoms with Gasteiger partial charge in [-0.2, -0.15) is 0 Å². The summed E-state index contributed by atoms with van der Waals surface area (Å²) in [7, 11) is 0. The Bertz CT molecular complexity index is 399. The van der Waals surface area contributed by atoms with Crippen molar-refractivity contribution in [3.63, 3.8) is 0 Å². The van der Waals surface area contributed by atoms with E-state index in [-0.39, 0.29) is 11.8 Å². The number of hydrogen-bond donors (Lipinski definition) is 1. The molecule has 0 spiro atoms. The molecule has 2 N–H and O–H groups in total. The van der Waals surface area contributed by atoms with Gasteiger partial charge >= 0.3 is 0 Å². The Labute approximate surface area is 95.6 Å². The number of ketones is 1. The SMILES string of the molecule is CC(N)CC(=O)c1cccc2c1OCCC2. The van der Waals surface area contributed by atoms with E-state index in [0.29, 0.717) is 18.6 Å². The topological polar surface area (TPSA) is 52.3 Å². The number of rotatable bonds is 3. The van der Waals surface area contributed by atoms with Gasteiger partial charge in [0.25, 0.3) is 0 Å². The zero-order valence-electron chi connectivity index (χ0n) is 9.53. The predicted octanol–water partition coefficient (Wildman–Crippen LogP) is 1.93. The summed E-state index contributed by atoms with van der Waals surface area (Å²) < 4.78 is 5.60. The second-order valence-electron chi connectivity index (χ2n) is 4.35. The molecule has 2 rings (SSSR count). The van der Waals surface area contributed by atoms with Gasteiger partial charge < -0.3 is 10.5 Å². The number of carbonyl (C=O) groups excluding carboxylic acids is 1. The van der Waals surface area contributed by atoms with Crippen LogP contribution in [0.15, 0.2) is 18.2 Å². The number of carbonyl (C=O) groups is 1. The van der Waals surface area contributed by atoms with Crippen LogP contribution in [-0.2, 0) is 6.42 Å². The Balaban J connectivity index is 2.30. The molecule has 1 aliphatic heterocycles. The van der Waals surface area contributed by atoms with Gasteiger partial charge in [0.15, 0.2) is 5.78 Å². The highest BCUT2D eigenvalue weighted by molar-refractivity contribution is 5.99. The maximum absolute atomic E-state index is 12.0. The number of ether oxygens (including phenoxy) is 1. The molecule has 3 nitrogen and oxygen atoms in total. The molecule has 0 aliphatic carbocycles. The monoisotopic (exact) mass is 219 g/mol. The second kappa shape index (κ2) is 4.66. The van der Waals surface area contributed by atoms with Crippen LogP contribution in [0.5, 0.6) is 5.75 Å². The van der Waals surface area contributed by atoms with Crippen molar-refractivity contribution >= 4 is 5.78 Å². The number of para-hydroxylation sites is 1. The number of Topliss-reactive ketones (excluding diaryl/α,β-unsaturated/α-hetero) is 1. The minimum Gasteiger partial charge on any atom is -0.493 e. The molecule has 0 aromatic heterocycles. The van der Waals surface area contributed by atoms with Crippen LogP contribution in [0.2, 0.25) is 0 Å². The lowest BCUT2D eigenvalue weighted by molar-refractivity contribution is 0.0971. The summed E-state index contributed by atoms with van der Waals surface area (Å²) in [4.78, 5) is 12.0. The Morgan fingerprint density at radius 3 is 3.12 bits per heavy atom. The first-order valence-corrected chi connectivity index (χ1v) is 5.72. The third kappa shape index (κ3) is 2.25. The molecule has 0 radical (unpaired) electrons. The highest BCUT2D eigenvalue weighted by Gasteiger charge is 2.19. The summed E-state index contributed by atoms with van der Waals surface area (Å²) in [5.41, 5.74) is 7.47. The van der Waals surface area contributed by atoms with E-state index in [9.17, 15) is 4.79 Å². The molecule has 16 heavy (non-hydrogen) atoms. The molecular weight excluding hydrogens is 202 g/mol. The van der Waals surface area contributed by atoms with Crippen molar-refractivity contribution < 1.29 is 9.53 Å². The largest absolute Gasteiger partial charge is 0.493 e. The van der Waals surface area contributed by atoms with E-state index in [2.05, 4.69) is 0 Å². The van der Waals surface area contributed by atoms with E-state index >= 15 is 0 Å². The third-order valence-corrected chi connectivity index (χ3v) is 2.74. The van der Waals surface area contributed by atoms with E-state index in [4.69, 9.17) is 10.5 Å². The van der Waals surface area contributed by atoms with Crippen molar-refractivity contribution in [3.8, 4) is 5.75 Å². The van der Waals surface area contributed by atoms with Crippen molar-refractivity contribution in [2.75, 3.05) is 6.61 Å². The lowest BCUT2D eigenvalue weighted by Crippen LogP contribution is -2.21. The van der Waals surface area contributed by atoms with Gasteiger partial charge in [-0.15, -0.1) is 0 Å². The van der Waals surface area contributed by atoms with Crippen LogP contribution in [-0.4, -0.2) is 18.4 Å². The summed E-state index contributed by atoms with van der Waals surface area (Å²) in [5.74, 6) is 0.855. The average Bonchev–Trinajstić information content (AvgIpc) is 2.27. The van der Waals surface area contributed by atoms with E-state index in [1.807, 2.05) is 25.1 Å². The lowest BCUT2D eigenvalue weighted by Gasteiger charge is -2.20. The Hall–Kier alpha value is -1.35. The molecule has 0 saturated heterocycles.